The van der Waals surface area contributed by atoms with Gasteiger partial charge in [-0.1, -0.05) is 41.9 Å². The van der Waals surface area contributed by atoms with Crippen LogP contribution in [-0.2, 0) is 4.79 Å². The molecule has 3 rings (SSSR count). The molecular formula is C19H18Cl2N2O2S. The summed E-state index contributed by atoms with van der Waals surface area (Å²) in [5, 5.41) is 2.26. The molecule has 7 heteroatoms. The van der Waals surface area contributed by atoms with Gasteiger partial charge in [0.25, 0.3) is 5.91 Å². The van der Waals surface area contributed by atoms with Crippen LogP contribution in [-0.4, -0.2) is 34.4 Å². The first kappa shape index (κ1) is 19.1. The monoisotopic (exact) mass is 408 g/mol. The van der Waals surface area contributed by atoms with Gasteiger partial charge < -0.3 is 4.74 Å². The molecule has 4 nitrogen and oxygen atoms in total. The van der Waals surface area contributed by atoms with Crippen molar-refractivity contribution in [1.82, 2.24) is 4.90 Å². The zero-order chi connectivity index (χ0) is 18.7. The number of amides is 1. The summed E-state index contributed by atoms with van der Waals surface area (Å²) in [4.78, 5) is 18.9. The highest BCUT2D eigenvalue weighted by Crippen LogP contribution is 2.29. The van der Waals surface area contributed by atoms with E-state index in [1.54, 1.807) is 40.9 Å². The Labute approximate surface area is 167 Å². The lowest BCUT2D eigenvalue weighted by Gasteiger charge is -2.17. The second kappa shape index (κ2) is 8.33. The SMILES string of the molecule is Cc1cc(Cl)ccc1OCC(=O)N1C[C@@H](C)SC1=Nc1ccc(Cl)cc1. The summed E-state index contributed by atoms with van der Waals surface area (Å²) in [5.41, 5.74) is 1.66. The topological polar surface area (TPSA) is 41.9 Å². The third kappa shape index (κ3) is 4.72. The highest BCUT2D eigenvalue weighted by molar-refractivity contribution is 8.14. The molecule has 26 heavy (non-hydrogen) atoms. The van der Waals surface area contributed by atoms with Crippen molar-refractivity contribution in [2.24, 2.45) is 4.99 Å². The molecule has 1 aliphatic heterocycles. The molecule has 0 unspecified atom stereocenters. The molecule has 2 aromatic carbocycles. The maximum atomic E-state index is 12.7. The minimum atomic E-state index is -0.121. The Hall–Kier alpha value is -1.69. The highest BCUT2D eigenvalue weighted by Gasteiger charge is 2.31. The number of carbonyl (C=O) groups excluding carboxylic acids is 1. The lowest BCUT2D eigenvalue weighted by molar-refractivity contribution is -0.129. The first-order chi connectivity index (χ1) is 12.4. The van der Waals surface area contributed by atoms with Crippen molar-refractivity contribution in [3.63, 3.8) is 0 Å². The van der Waals surface area contributed by atoms with Gasteiger partial charge in [-0.3, -0.25) is 9.69 Å². The van der Waals surface area contributed by atoms with Crippen LogP contribution in [0.25, 0.3) is 0 Å². The Bertz CT molecular complexity index is 840. The smallest absolute Gasteiger partial charge is 0.266 e. The number of benzene rings is 2. The number of rotatable bonds is 4. The van der Waals surface area contributed by atoms with Gasteiger partial charge in [-0.2, -0.15) is 0 Å². The Kier molecular flexibility index (Phi) is 6.12. The Morgan fingerprint density at radius 3 is 2.62 bits per heavy atom. The van der Waals surface area contributed by atoms with Gasteiger partial charge in [-0.25, -0.2) is 4.99 Å². The lowest BCUT2D eigenvalue weighted by atomic mass is 10.2. The number of nitrogens with zero attached hydrogens (tertiary/aromatic N) is 2. The van der Waals surface area contributed by atoms with Gasteiger partial charge in [0.05, 0.1) is 5.69 Å². The summed E-state index contributed by atoms with van der Waals surface area (Å²) in [5.74, 6) is 0.530. The van der Waals surface area contributed by atoms with Crippen molar-refractivity contribution in [2.75, 3.05) is 13.2 Å². The predicted molar refractivity (Wildman–Crippen MR) is 109 cm³/mol. The van der Waals surface area contributed by atoms with Crippen LogP contribution in [0.5, 0.6) is 5.75 Å². The van der Waals surface area contributed by atoms with E-state index >= 15 is 0 Å². The zero-order valence-electron chi connectivity index (χ0n) is 14.4. The molecule has 0 saturated carbocycles. The van der Waals surface area contributed by atoms with Crippen molar-refractivity contribution in [1.29, 1.82) is 0 Å². The van der Waals surface area contributed by atoms with Crippen molar-refractivity contribution < 1.29 is 9.53 Å². The number of carbonyl (C=O) groups is 1. The van der Waals surface area contributed by atoms with E-state index in [1.165, 1.54) is 0 Å². The molecule has 1 aliphatic rings. The Balaban J connectivity index is 1.71. The average molecular weight is 409 g/mol. The van der Waals surface area contributed by atoms with Gasteiger partial charge in [0.15, 0.2) is 11.8 Å². The van der Waals surface area contributed by atoms with Crippen LogP contribution in [0.1, 0.15) is 12.5 Å². The molecule has 1 fully saturated rings. The summed E-state index contributed by atoms with van der Waals surface area (Å²) in [6.45, 7) is 4.53. The second-order valence-electron chi connectivity index (χ2n) is 6.00. The molecule has 0 aliphatic carbocycles. The largest absolute Gasteiger partial charge is 0.483 e. The van der Waals surface area contributed by atoms with Gasteiger partial charge in [0.2, 0.25) is 0 Å². The molecule has 1 heterocycles. The van der Waals surface area contributed by atoms with Crippen molar-refractivity contribution in [3.05, 3.63) is 58.1 Å². The quantitative estimate of drug-likeness (QED) is 0.685. The van der Waals surface area contributed by atoms with Crippen LogP contribution in [0.4, 0.5) is 5.69 Å². The number of amidine groups is 1. The Morgan fingerprint density at radius 2 is 1.92 bits per heavy atom. The van der Waals surface area contributed by atoms with Gasteiger partial charge >= 0.3 is 0 Å². The molecule has 1 amide bonds. The third-order valence-corrected chi connectivity index (χ3v) is 5.38. The first-order valence-corrected chi connectivity index (χ1v) is 9.76. The van der Waals surface area contributed by atoms with Crippen LogP contribution < -0.4 is 4.74 Å². The maximum Gasteiger partial charge on any atom is 0.266 e. The third-order valence-electron chi connectivity index (χ3n) is 3.82. The number of aliphatic imine (C=N–C) groups is 1. The second-order valence-corrected chi connectivity index (χ2v) is 8.28. The van der Waals surface area contributed by atoms with Crippen LogP contribution in [0.2, 0.25) is 10.0 Å². The molecule has 1 saturated heterocycles. The first-order valence-electron chi connectivity index (χ1n) is 8.12. The van der Waals surface area contributed by atoms with Gasteiger partial charge in [0, 0.05) is 21.8 Å². The fraction of sp³-hybridized carbons (Fsp3) is 0.263. The average Bonchev–Trinajstić information content (AvgIpc) is 2.96. The number of hydrogen-bond donors (Lipinski definition) is 0. The van der Waals surface area contributed by atoms with Crippen molar-refractivity contribution >= 4 is 51.7 Å². The molecule has 136 valence electrons. The minimum Gasteiger partial charge on any atom is -0.483 e. The van der Waals surface area contributed by atoms with E-state index < -0.39 is 0 Å². The fourth-order valence-corrected chi connectivity index (χ4v) is 3.93. The number of halogens is 2. The van der Waals surface area contributed by atoms with E-state index in [0.717, 1.165) is 11.3 Å². The minimum absolute atomic E-state index is 0.0462. The molecular weight excluding hydrogens is 391 g/mol. The number of aryl methyl sites for hydroxylation is 1. The van der Waals surface area contributed by atoms with Gasteiger partial charge in [-0.15, -0.1) is 0 Å². The summed E-state index contributed by atoms with van der Waals surface area (Å²) in [6, 6.07) is 12.5. The molecule has 0 aromatic heterocycles. The van der Waals surface area contributed by atoms with Crippen LogP contribution >= 0.6 is 35.0 Å². The fourth-order valence-electron chi connectivity index (χ4n) is 2.53. The van der Waals surface area contributed by atoms with E-state index in [-0.39, 0.29) is 17.8 Å². The summed E-state index contributed by atoms with van der Waals surface area (Å²) in [7, 11) is 0. The van der Waals surface area contributed by atoms with E-state index in [4.69, 9.17) is 27.9 Å². The zero-order valence-corrected chi connectivity index (χ0v) is 16.7. The normalized spacial score (nSPS) is 18.4. The molecule has 1 atom stereocenters. The maximum absolute atomic E-state index is 12.7. The molecule has 0 radical (unpaired) electrons. The van der Waals surface area contributed by atoms with E-state index in [9.17, 15) is 4.79 Å². The highest BCUT2D eigenvalue weighted by atomic mass is 35.5. The van der Waals surface area contributed by atoms with E-state index in [1.807, 2.05) is 25.1 Å². The van der Waals surface area contributed by atoms with Gasteiger partial charge in [0.1, 0.15) is 5.75 Å². The van der Waals surface area contributed by atoms with Crippen molar-refractivity contribution in [3.8, 4) is 5.75 Å². The van der Waals surface area contributed by atoms with Crippen LogP contribution in [0.3, 0.4) is 0 Å². The van der Waals surface area contributed by atoms with E-state index in [2.05, 4.69) is 11.9 Å². The van der Waals surface area contributed by atoms with Crippen molar-refractivity contribution in [2.45, 2.75) is 19.1 Å². The Morgan fingerprint density at radius 1 is 1.23 bits per heavy atom. The molecule has 0 spiro atoms. The number of thioether (sulfide) groups is 1. The summed E-state index contributed by atoms with van der Waals surface area (Å²) in [6.07, 6.45) is 0. The van der Waals surface area contributed by atoms with Crippen LogP contribution in [0.15, 0.2) is 47.5 Å². The summed E-state index contributed by atoms with van der Waals surface area (Å²) < 4.78 is 5.68. The molecule has 2 aromatic rings. The number of ether oxygens (including phenoxy) is 1. The molecule has 0 bridgehead atoms. The summed E-state index contributed by atoms with van der Waals surface area (Å²) >= 11 is 13.4. The number of hydrogen-bond acceptors (Lipinski definition) is 4. The molecule has 0 N–H and O–H groups in total. The standard InChI is InChI=1S/C19H18Cl2N2O2S/c1-12-9-15(21)5-8-17(12)25-11-18(24)23-10-13(2)26-19(23)22-16-6-3-14(20)4-7-16/h3-9,13H,10-11H2,1-2H3/t13-/m1/s1. The van der Waals surface area contributed by atoms with Crippen LogP contribution in [0, 0.1) is 6.92 Å². The van der Waals surface area contributed by atoms with Gasteiger partial charge in [-0.05, 0) is 55.0 Å². The van der Waals surface area contributed by atoms with E-state index in [0.29, 0.717) is 27.5 Å². The predicted octanol–water partition coefficient (Wildman–Crippen LogP) is 5.33. The lowest BCUT2D eigenvalue weighted by Crippen LogP contribution is -2.36.